The summed E-state index contributed by atoms with van der Waals surface area (Å²) in [5.74, 6) is 0.880. The number of amides is 1. The van der Waals surface area contributed by atoms with Gasteiger partial charge in [-0.25, -0.2) is 4.98 Å². The van der Waals surface area contributed by atoms with Crippen LogP contribution in [0.1, 0.15) is 32.5 Å². The summed E-state index contributed by atoms with van der Waals surface area (Å²) in [7, 11) is 0. The molecule has 6 heteroatoms. The van der Waals surface area contributed by atoms with Crippen LogP contribution in [0.3, 0.4) is 0 Å². The number of nitrogens with one attached hydrogen (secondary N) is 3. The molecule has 1 fully saturated rings. The molecule has 0 bridgehead atoms. The highest BCUT2D eigenvalue weighted by molar-refractivity contribution is 5.82. The zero-order valence-corrected chi connectivity index (χ0v) is 11.0. The van der Waals surface area contributed by atoms with Crippen molar-refractivity contribution in [2.24, 2.45) is 5.41 Å². The Kier molecular flexibility index (Phi) is 3.96. The highest BCUT2D eigenvalue weighted by atomic mass is 16.2. The number of carbonyl (C=O) groups excluding carboxylic acids is 1. The summed E-state index contributed by atoms with van der Waals surface area (Å²) in [6, 6.07) is -0.0963. The van der Waals surface area contributed by atoms with Gasteiger partial charge in [-0.3, -0.25) is 9.89 Å². The molecule has 100 valence electrons. The summed E-state index contributed by atoms with van der Waals surface area (Å²) in [5, 5.41) is 12.8. The number of H-pyrrole nitrogens is 1. The summed E-state index contributed by atoms with van der Waals surface area (Å²) in [4.78, 5) is 16.1. The standard InChI is InChI=1S/C12H21N5O/c1-12(2)5-3-6-13-10(12)11(18)14-7-4-9-15-8-16-17-9/h8,10,13H,3-7H2,1-2H3,(H,14,18)(H,15,16,17). The van der Waals surface area contributed by atoms with Gasteiger partial charge in [-0.1, -0.05) is 13.8 Å². The molecule has 3 N–H and O–H groups in total. The predicted octanol–water partition coefficient (Wildman–Crippen LogP) is 0.242. The fourth-order valence-electron chi connectivity index (χ4n) is 2.42. The van der Waals surface area contributed by atoms with E-state index in [1.165, 1.54) is 6.33 Å². The largest absolute Gasteiger partial charge is 0.354 e. The van der Waals surface area contributed by atoms with E-state index in [4.69, 9.17) is 0 Å². The van der Waals surface area contributed by atoms with Gasteiger partial charge >= 0.3 is 0 Å². The van der Waals surface area contributed by atoms with E-state index in [1.807, 2.05) is 0 Å². The lowest BCUT2D eigenvalue weighted by molar-refractivity contribution is -0.126. The van der Waals surface area contributed by atoms with Crippen LogP contribution < -0.4 is 10.6 Å². The van der Waals surface area contributed by atoms with Gasteiger partial charge in [0.25, 0.3) is 0 Å². The topological polar surface area (TPSA) is 82.7 Å². The molecule has 18 heavy (non-hydrogen) atoms. The lowest BCUT2D eigenvalue weighted by atomic mass is 9.77. The fraction of sp³-hybridized carbons (Fsp3) is 0.750. The molecule has 1 atom stereocenters. The number of aromatic nitrogens is 3. The van der Waals surface area contributed by atoms with Gasteiger partial charge < -0.3 is 10.6 Å². The number of rotatable bonds is 4. The molecule has 0 spiro atoms. The number of aromatic amines is 1. The third kappa shape index (κ3) is 3.07. The van der Waals surface area contributed by atoms with Crippen LogP contribution in [0.2, 0.25) is 0 Å². The van der Waals surface area contributed by atoms with Crippen LogP contribution in [-0.2, 0) is 11.2 Å². The molecule has 0 aromatic carbocycles. The van der Waals surface area contributed by atoms with Gasteiger partial charge in [-0.05, 0) is 24.8 Å². The molecule has 0 saturated carbocycles. The highest BCUT2D eigenvalue weighted by Crippen LogP contribution is 2.29. The molecule has 2 rings (SSSR count). The Hall–Kier alpha value is -1.43. The number of piperidine rings is 1. The molecule has 0 aliphatic carbocycles. The Morgan fingerprint density at radius 1 is 1.61 bits per heavy atom. The van der Waals surface area contributed by atoms with Crippen LogP contribution in [-0.4, -0.2) is 40.2 Å². The first-order valence-electron chi connectivity index (χ1n) is 6.45. The third-order valence-electron chi connectivity index (χ3n) is 3.52. The smallest absolute Gasteiger partial charge is 0.237 e. The average Bonchev–Trinajstić information content (AvgIpc) is 2.81. The molecule has 1 aliphatic heterocycles. The van der Waals surface area contributed by atoms with E-state index in [1.54, 1.807) is 0 Å². The minimum atomic E-state index is -0.0963. The van der Waals surface area contributed by atoms with Crippen LogP contribution in [0.5, 0.6) is 0 Å². The monoisotopic (exact) mass is 251 g/mol. The zero-order valence-electron chi connectivity index (χ0n) is 11.0. The van der Waals surface area contributed by atoms with Crippen LogP contribution in [0.4, 0.5) is 0 Å². The summed E-state index contributed by atoms with van der Waals surface area (Å²) < 4.78 is 0. The number of hydrogen-bond donors (Lipinski definition) is 3. The van der Waals surface area contributed by atoms with Crippen molar-refractivity contribution in [1.82, 2.24) is 25.8 Å². The van der Waals surface area contributed by atoms with Crippen molar-refractivity contribution in [3.05, 3.63) is 12.2 Å². The van der Waals surface area contributed by atoms with E-state index >= 15 is 0 Å². The SMILES string of the molecule is CC1(C)CCCNC1C(=O)NCCc1ncn[nH]1. The lowest BCUT2D eigenvalue weighted by Crippen LogP contribution is -2.55. The molecule has 1 amide bonds. The Morgan fingerprint density at radius 2 is 2.44 bits per heavy atom. The van der Waals surface area contributed by atoms with Crippen molar-refractivity contribution in [3.8, 4) is 0 Å². The minimum absolute atomic E-state index is 0.0224. The van der Waals surface area contributed by atoms with E-state index in [0.717, 1.165) is 25.2 Å². The molecular weight excluding hydrogens is 230 g/mol. The first kappa shape index (κ1) is 13.0. The van der Waals surface area contributed by atoms with E-state index in [0.29, 0.717) is 13.0 Å². The van der Waals surface area contributed by atoms with E-state index in [2.05, 4.69) is 39.7 Å². The molecule has 1 unspecified atom stereocenters. The summed E-state index contributed by atoms with van der Waals surface area (Å²) in [6.07, 6.45) is 4.37. The van der Waals surface area contributed by atoms with E-state index in [9.17, 15) is 4.79 Å². The molecule has 1 aromatic rings. The average molecular weight is 251 g/mol. The number of carbonyl (C=O) groups is 1. The Balaban J connectivity index is 1.80. The molecule has 6 nitrogen and oxygen atoms in total. The Labute approximate surface area is 107 Å². The maximum Gasteiger partial charge on any atom is 0.237 e. The second-order valence-electron chi connectivity index (χ2n) is 5.45. The lowest BCUT2D eigenvalue weighted by Gasteiger charge is -2.38. The van der Waals surface area contributed by atoms with Gasteiger partial charge in [0.15, 0.2) is 0 Å². The van der Waals surface area contributed by atoms with Gasteiger partial charge in [-0.15, -0.1) is 0 Å². The molecule has 2 heterocycles. The fourth-order valence-corrected chi connectivity index (χ4v) is 2.42. The number of nitrogens with zero attached hydrogens (tertiary/aromatic N) is 2. The van der Waals surface area contributed by atoms with E-state index < -0.39 is 0 Å². The first-order chi connectivity index (χ1) is 8.59. The maximum absolute atomic E-state index is 12.1. The van der Waals surface area contributed by atoms with Crippen molar-refractivity contribution in [3.63, 3.8) is 0 Å². The Morgan fingerprint density at radius 3 is 3.11 bits per heavy atom. The van der Waals surface area contributed by atoms with Gasteiger partial charge in [0.2, 0.25) is 5.91 Å². The van der Waals surface area contributed by atoms with Gasteiger partial charge in [0, 0.05) is 13.0 Å². The predicted molar refractivity (Wildman–Crippen MR) is 67.9 cm³/mol. The first-order valence-corrected chi connectivity index (χ1v) is 6.45. The van der Waals surface area contributed by atoms with Crippen molar-refractivity contribution in [2.45, 2.75) is 39.2 Å². The van der Waals surface area contributed by atoms with E-state index in [-0.39, 0.29) is 17.4 Å². The van der Waals surface area contributed by atoms with Crippen molar-refractivity contribution in [2.75, 3.05) is 13.1 Å². The highest BCUT2D eigenvalue weighted by Gasteiger charge is 2.36. The zero-order chi connectivity index (χ0) is 13.0. The Bertz CT molecular complexity index is 387. The summed E-state index contributed by atoms with van der Waals surface area (Å²) in [5.41, 5.74) is 0.0224. The van der Waals surface area contributed by atoms with Gasteiger partial charge in [0.05, 0.1) is 6.04 Å². The maximum atomic E-state index is 12.1. The van der Waals surface area contributed by atoms with Crippen molar-refractivity contribution >= 4 is 5.91 Å². The van der Waals surface area contributed by atoms with Crippen LogP contribution in [0, 0.1) is 5.41 Å². The van der Waals surface area contributed by atoms with Crippen molar-refractivity contribution < 1.29 is 4.79 Å². The summed E-state index contributed by atoms with van der Waals surface area (Å²) in [6.45, 7) is 5.78. The van der Waals surface area contributed by atoms with Gasteiger partial charge in [-0.2, -0.15) is 5.10 Å². The summed E-state index contributed by atoms with van der Waals surface area (Å²) >= 11 is 0. The van der Waals surface area contributed by atoms with Gasteiger partial charge in [0.1, 0.15) is 12.2 Å². The molecular formula is C12H21N5O. The normalized spacial score (nSPS) is 22.7. The molecule has 1 aliphatic rings. The molecule has 0 radical (unpaired) electrons. The quantitative estimate of drug-likeness (QED) is 0.716. The second kappa shape index (κ2) is 5.48. The molecule has 1 saturated heterocycles. The van der Waals surface area contributed by atoms with Crippen LogP contribution in [0.15, 0.2) is 6.33 Å². The van der Waals surface area contributed by atoms with Crippen molar-refractivity contribution in [1.29, 1.82) is 0 Å². The second-order valence-corrected chi connectivity index (χ2v) is 5.45. The third-order valence-corrected chi connectivity index (χ3v) is 3.52. The number of hydrogen-bond acceptors (Lipinski definition) is 4. The van der Waals surface area contributed by atoms with Crippen LogP contribution >= 0.6 is 0 Å². The van der Waals surface area contributed by atoms with Crippen LogP contribution in [0.25, 0.3) is 0 Å². The molecule has 1 aromatic heterocycles. The minimum Gasteiger partial charge on any atom is -0.354 e.